The van der Waals surface area contributed by atoms with Crippen molar-refractivity contribution in [1.82, 2.24) is 4.90 Å². The zero-order chi connectivity index (χ0) is 38.5. The lowest BCUT2D eigenvalue weighted by atomic mass is 9.71. The highest BCUT2D eigenvalue weighted by Crippen LogP contribution is 2.41. The molecule has 51 heavy (non-hydrogen) atoms. The molecule has 0 amide bonds. The van der Waals surface area contributed by atoms with Gasteiger partial charge in [0, 0.05) is 13.5 Å². The number of ketones is 2. The molecule has 0 N–H and O–H groups in total. The van der Waals surface area contributed by atoms with Gasteiger partial charge < -0.3 is 9.47 Å². The highest BCUT2D eigenvalue weighted by molar-refractivity contribution is 6.02. The third-order valence-corrected chi connectivity index (χ3v) is 9.28. The third kappa shape index (κ3) is 13.5. The predicted octanol–water partition coefficient (Wildman–Crippen LogP) is 9.67. The molecule has 2 aliphatic rings. The fourth-order valence-corrected chi connectivity index (χ4v) is 6.31. The van der Waals surface area contributed by atoms with Gasteiger partial charge in [0.25, 0.3) is 0 Å². The van der Waals surface area contributed by atoms with Crippen LogP contribution in [0.25, 0.3) is 0 Å². The van der Waals surface area contributed by atoms with Crippen LogP contribution in [0.4, 0.5) is 0 Å². The minimum absolute atomic E-state index is 0.0781. The van der Waals surface area contributed by atoms with E-state index in [4.69, 9.17) is 9.47 Å². The number of hydrogen-bond acceptors (Lipinski definition) is 6. The lowest BCUT2D eigenvalue weighted by Crippen LogP contribution is -2.40. The Morgan fingerprint density at radius 1 is 0.667 bits per heavy atom. The quantitative estimate of drug-likeness (QED) is 0.133. The summed E-state index contributed by atoms with van der Waals surface area (Å²) in [6.45, 7) is 20.6. The van der Waals surface area contributed by atoms with E-state index in [0.29, 0.717) is 18.4 Å². The van der Waals surface area contributed by atoms with E-state index in [0.717, 1.165) is 39.0 Å². The van der Waals surface area contributed by atoms with E-state index in [2.05, 4.69) is 91.0 Å². The van der Waals surface area contributed by atoms with Gasteiger partial charge in [-0.15, -0.1) is 0 Å². The first-order valence-electron chi connectivity index (χ1n) is 17.7. The highest BCUT2D eigenvalue weighted by atomic mass is 16.5. The summed E-state index contributed by atoms with van der Waals surface area (Å²) in [5.74, 6) is -0.430. The predicted molar refractivity (Wildman–Crippen MR) is 212 cm³/mol. The first-order valence-corrected chi connectivity index (χ1v) is 17.7. The standard InChI is InChI=1S/C45H61NO5/c1-31(20-16-22-33(3)24-26-37-35(5)42(48)39(50-13)28-44(37,7)8)18-14-15-19-32(2)21-17-23-34(4)25-27-38-36(6)43(49)40(29-45(38,9)10)51-41(47)30-46(11)12/h14-27,39-40H,28-30H2,1-13H3/b15-14+,20-16+,21-17+,26-24+,27-25+,31-18+,32-19+,33-22+,34-23+. The average Bonchev–Trinajstić information content (AvgIpc) is 3.02. The molecule has 0 bridgehead atoms. The number of methoxy groups -OCH3 is 1. The number of esters is 1. The van der Waals surface area contributed by atoms with Gasteiger partial charge in [-0.25, -0.2) is 0 Å². The Balaban J connectivity index is 1.97. The Bertz CT molecular complexity index is 1660. The number of hydrogen-bond donors (Lipinski definition) is 0. The van der Waals surface area contributed by atoms with Gasteiger partial charge in [0.05, 0.1) is 6.54 Å². The van der Waals surface area contributed by atoms with Crippen molar-refractivity contribution in [2.45, 2.75) is 94.3 Å². The van der Waals surface area contributed by atoms with Crippen LogP contribution in [0.1, 0.15) is 82.1 Å². The van der Waals surface area contributed by atoms with Crippen LogP contribution in [-0.2, 0) is 23.9 Å². The zero-order valence-corrected chi connectivity index (χ0v) is 33.3. The molecule has 0 aromatic heterocycles. The van der Waals surface area contributed by atoms with Gasteiger partial charge in [0.1, 0.15) is 6.10 Å². The monoisotopic (exact) mass is 695 g/mol. The van der Waals surface area contributed by atoms with E-state index in [-0.39, 0.29) is 41.0 Å². The Kier molecular flexibility index (Phi) is 16.4. The Labute approximate surface area is 308 Å². The van der Waals surface area contributed by atoms with E-state index in [1.54, 1.807) is 26.1 Å². The second-order valence-electron chi connectivity index (χ2n) is 15.3. The van der Waals surface area contributed by atoms with Gasteiger partial charge in [0.15, 0.2) is 17.7 Å². The molecule has 0 fully saturated rings. The molecular weight excluding hydrogens is 634 g/mol. The summed E-state index contributed by atoms with van der Waals surface area (Å²) in [5, 5.41) is 0. The first kappa shape index (κ1) is 43.0. The fraction of sp³-hybridized carbons (Fsp3) is 0.444. The van der Waals surface area contributed by atoms with Crippen molar-refractivity contribution in [2.75, 3.05) is 27.7 Å². The van der Waals surface area contributed by atoms with Gasteiger partial charge in [0.2, 0.25) is 0 Å². The molecule has 0 saturated carbocycles. The van der Waals surface area contributed by atoms with Gasteiger partial charge >= 0.3 is 5.97 Å². The number of carbonyl (C=O) groups excluding carboxylic acids is 3. The maximum Gasteiger partial charge on any atom is 0.320 e. The molecule has 0 spiro atoms. The topological polar surface area (TPSA) is 72.9 Å². The summed E-state index contributed by atoms with van der Waals surface area (Å²) < 4.78 is 10.9. The van der Waals surface area contributed by atoms with E-state index in [1.807, 2.05) is 63.3 Å². The van der Waals surface area contributed by atoms with Crippen LogP contribution in [0.15, 0.2) is 130 Å². The smallest absolute Gasteiger partial charge is 0.320 e. The molecule has 0 aliphatic heterocycles. The number of allylic oxidation sites excluding steroid dienone is 20. The SMILES string of the molecule is COC1CC(C)(C)C(/C=C/C(C)=C/C=C/C(C)=C/C=C/C=C(C)/C=C/C=C(C)/C=C/C2=C(C)C(=O)C(OC(=O)CN(C)C)CC2(C)C)=C(C)C1=O. The third-order valence-electron chi connectivity index (χ3n) is 9.28. The molecule has 6 nitrogen and oxygen atoms in total. The van der Waals surface area contributed by atoms with Crippen LogP contribution in [0.3, 0.4) is 0 Å². The Morgan fingerprint density at radius 2 is 1.04 bits per heavy atom. The summed E-state index contributed by atoms with van der Waals surface area (Å²) in [6.07, 6.45) is 28.7. The fourth-order valence-electron chi connectivity index (χ4n) is 6.31. The zero-order valence-electron chi connectivity index (χ0n) is 33.3. The molecular formula is C45H61NO5. The van der Waals surface area contributed by atoms with Crippen molar-refractivity contribution in [3.8, 4) is 0 Å². The summed E-state index contributed by atoms with van der Waals surface area (Å²) in [6, 6.07) is 0. The van der Waals surface area contributed by atoms with Crippen LogP contribution in [-0.4, -0.2) is 62.4 Å². The van der Waals surface area contributed by atoms with Gasteiger partial charge in [-0.3, -0.25) is 19.3 Å². The molecule has 0 heterocycles. The maximum atomic E-state index is 13.0. The molecule has 276 valence electrons. The Morgan fingerprint density at radius 3 is 1.45 bits per heavy atom. The van der Waals surface area contributed by atoms with Gasteiger partial charge in [-0.1, -0.05) is 135 Å². The summed E-state index contributed by atoms with van der Waals surface area (Å²) >= 11 is 0. The molecule has 0 saturated heterocycles. The lowest BCUT2D eigenvalue weighted by Gasteiger charge is -2.36. The highest BCUT2D eigenvalue weighted by Gasteiger charge is 2.40. The van der Waals surface area contributed by atoms with E-state index in [1.165, 1.54) is 0 Å². The van der Waals surface area contributed by atoms with Crippen molar-refractivity contribution in [2.24, 2.45) is 10.8 Å². The van der Waals surface area contributed by atoms with Crippen molar-refractivity contribution in [3.63, 3.8) is 0 Å². The van der Waals surface area contributed by atoms with Gasteiger partial charge in [-0.05, 0) is 95.2 Å². The number of likely N-dealkylation sites (N-methyl/N-ethyl adjacent to an activating group) is 1. The molecule has 2 rings (SSSR count). The minimum atomic E-state index is -0.744. The molecule has 2 aliphatic carbocycles. The lowest BCUT2D eigenvalue weighted by molar-refractivity contribution is -0.156. The van der Waals surface area contributed by atoms with Crippen molar-refractivity contribution < 1.29 is 23.9 Å². The summed E-state index contributed by atoms with van der Waals surface area (Å²) in [4.78, 5) is 39.6. The molecule has 6 heteroatoms. The second-order valence-corrected chi connectivity index (χ2v) is 15.3. The minimum Gasteiger partial charge on any atom is -0.453 e. The number of nitrogens with zero attached hydrogens (tertiary/aromatic N) is 1. The Hall–Kier alpha value is -4.13. The van der Waals surface area contributed by atoms with Crippen LogP contribution < -0.4 is 0 Å². The molecule has 0 radical (unpaired) electrons. The normalized spacial score (nSPS) is 22.8. The van der Waals surface area contributed by atoms with Crippen molar-refractivity contribution in [3.05, 3.63) is 130 Å². The first-order chi connectivity index (χ1) is 23.8. The number of carbonyl (C=O) groups is 3. The van der Waals surface area contributed by atoms with Crippen molar-refractivity contribution >= 4 is 17.5 Å². The molecule has 0 aromatic rings. The number of rotatable bonds is 14. The molecule has 2 atom stereocenters. The number of Topliss-reactive ketones (excluding diaryl/α,β-unsaturated/α-hetero) is 2. The maximum absolute atomic E-state index is 13.0. The molecule has 0 aromatic carbocycles. The summed E-state index contributed by atoms with van der Waals surface area (Å²) in [5.41, 5.74) is 7.44. The molecule has 2 unspecified atom stereocenters. The second kappa shape index (κ2) is 19.5. The summed E-state index contributed by atoms with van der Waals surface area (Å²) in [7, 11) is 5.20. The van der Waals surface area contributed by atoms with Crippen LogP contribution in [0.5, 0.6) is 0 Å². The number of ether oxygens (including phenoxy) is 2. The van der Waals surface area contributed by atoms with Gasteiger partial charge in [-0.2, -0.15) is 0 Å². The average molecular weight is 696 g/mol. The van der Waals surface area contributed by atoms with Crippen LogP contribution in [0, 0.1) is 10.8 Å². The van der Waals surface area contributed by atoms with Crippen molar-refractivity contribution in [1.29, 1.82) is 0 Å². The largest absolute Gasteiger partial charge is 0.453 e. The van der Waals surface area contributed by atoms with Crippen LogP contribution >= 0.6 is 0 Å². The van der Waals surface area contributed by atoms with E-state index >= 15 is 0 Å². The van der Waals surface area contributed by atoms with E-state index < -0.39 is 6.10 Å². The van der Waals surface area contributed by atoms with E-state index in [9.17, 15) is 14.4 Å². The van der Waals surface area contributed by atoms with Crippen LogP contribution in [0.2, 0.25) is 0 Å².